The van der Waals surface area contributed by atoms with E-state index in [1.807, 2.05) is 24.3 Å². The summed E-state index contributed by atoms with van der Waals surface area (Å²) in [5.41, 5.74) is 11.4. The van der Waals surface area contributed by atoms with Crippen LogP contribution in [-0.2, 0) is 5.41 Å². The lowest BCUT2D eigenvalue weighted by Gasteiger charge is -2.21. The van der Waals surface area contributed by atoms with E-state index in [1.54, 1.807) is 0 Å². The number of hydrogen-bond donors (Lipinski definition) is 0. The molecule has 51 heavy (non-hydrogen) atoms. The Morgan fingerprint density at radius 2 is 0.824 bits per heavy atom. The van der Waals surface area contributed by atoms with Crippen LogP contribution in [0.3, 0.4) is 0 Å². The number of furan rings is 2. The van der Waals surface area contributed by atoms with Crippen molar-refractivity contribution in [1.29, 1.82) is 0 Å². The van der Waals surface area contributed by atoms with Gasteiger partial charge in [0, 0.05) is 21.9 Å². The molecule has 2 heteroatoms. The lowest BCUT2D eigenvalue weighted by atomic mass is 9.82. The lowest BCUT2D eigenvalue weighted by molar-refractivity contribution is 0.590. The van der Waals surface area contributed by atoms with E-state index in [4.69, 9.17) is 8.83 Å². The minimum Gasteiger partial charge on any atom is -0.456 e. The standard InChI is InChI=1S/C49H36O2/c1-29-13-15-30(16-14-29)39-27-41(45-25-32-9-5-7-11-43(32)50-45)37-24-22-36-40(31-17-19-34(20-18-31)49(2,3)4)28-42(38-23-21-35(39)47(37)48(36)38)46-26-33-10-6-8-12-44(33)51-46/h5-28H,1-4H3. The molecule has 2 nitrogen and oxygen atoms in total. The van der Waals surface area contributed by atoms with E-state index in [-0.39, 0.29) is 5.41 Å². The van der Waals surface area contributed by atoms with Gasteiger partial charge in [-0.1, -0.05) is 136 Å². The van der Waals surface area contributed by atoms with Crippen LogP contribution in [0.15, 0.2) is 154 Å². The molecule has 0 bridgehead atoms. The molecule has 2 heterocycles. The van der Waals surface area contributed by atoms with Gasteiger partial charge < -0.3 is 8.83 Å². The van der Waals surface area contributed by atoms with Crippen LogP contribution in [0.4, 0.5) is 0 Å². The second-order valence-electron chi connectivity index (χ2n) is 15.0. The van der Waals surface area contributed by atoms with Gasteiger partial charge in [-0.05, 0) is 109 Å². The van der Waals surface area contributed by atoms with E-state index in [0.717, 1.165) is 44.6 Å². The Kier molecular flexibility index (Phi) is 6.38. The van der Waals surface area contributed by atoms with E-state index in [0.29, 0.717) is 0 Å². The van der Waals surface area contributed by atoms with Crippen molar-refractivity contribution in [3.05, 3.63) is 157 Å². The number of benzene rings is 8. The molecule has 0 N–H and O–H groups in total. The Bertz CT molecular complexity index is 2860. The Labute approximate surface area is 296 Å². The molecule has 0 aliphatic heterocycles. The minimum atomic E-state index is 0.0695. The van der Waals surface area contributed by atoms with Gasteiger partial charge in [-0.15, -0.1) is 0 Å². The van der Waals surface area contributed by atoms with Gasteiger partial charge >= 0.3 is 0 Å². The maximum absolute atomic E-state index is 6.62. The summed E-state index contributed by atoms with van der Waals surface area (Å²) in [5.74, 6) is 1.75. The van der Waals surface area contributed by atoms with Crippen molar-refractivity contribution in [1.82, 2.24) is 0 Å². The minimum absolute atomic E-state index is 0.0695. The molecule has 0 radical (unpaired) electrons. The van der Waals surface area contributed by atoms with Crippen molar-refractivity contribution in [3.63, 3.8) is 0 Å². The van der Waals surface area contributed by atoms with Crippen LogP contribution in [0, 0.1) is 6.92 Å². The van der Waals surface area contributed by atoms with E-state index in [9.17, 15) is 0 Å². The SMILES string of the molecule is Cc1ccc(-c2cc(-c3cc4ccccc4o3)c3ccc4c(-c5ccc(C(C)(C)C)cc5)cc(-c5cc6ccccc6o5)c5ccc2c3c45)cc1. The number of aryl methyl sites for hydroxylation is 1. The fraction of sp³-hybridized carbons (Fsp3) is 0.102. The van der Waals surface area contributed by atoms with E-state index in [2.05, 4.69) is 149 Å². The highest BCUT2D eigenvalue weighted by Gasteiger charge is 2.23. The number of hydrogen-bond acceptors (Lipinski definition) is 2. The van der Waals surface area contributed by atoms with Gasteiger partial charge in [0.1, 0.15) is 22.7 Å². The molecule has 0 unspecified atom stereocenters. The summed E-state index contributed by atoms with van der Waals surface area (Å²) in [5, 5.41) is 9.48. The van der Waals surface area contributed by atoms with Crippen molar-refractivity contribution < 1.29 is 8.83 Å². The maximum atomic E-state index is 6.62. The molecule has 8 aromatic carbocycles. The number of rotatable bonds is 4. The molecule has 2 aromatic heterocycles. The summed E-state index contributed by atoms with van der Waals surface area (Å²) in [6.07, 6.45) is 0. The quantitative estimate of drug-likeness (QED) is 0.176. The predicted octanol–water partition coefficient (Wildman–Crippen LogP) is 14.4. The zero-order chi connectivity index (χ0) is 34.4. The first-order valence-electron chi connectivity index (χ1n) is 17.7. The molecular weight excluding hydrogens is 621 g/mol. The van der Waals surface area contributed by atoms with Crippen LogP contribution in [0.5, 0.6) is 0 Å². The molecular formula is C49H36O2. The summed E-state index contributed by atoms with van der Waals surface area (Å²) < 4.78 is 13.2. The third-order valence-electron chi connectivity index (χ3n) is 10.7. The van der Waals surface area contributed by atoms with Crippen LogP contribution in [0.1, 0.15) is 31.9 Å². The Hall–Kier alpha value is -6.12. The summed E-state index contributed by atoms with van der Waals surface area (Å²) in [6, 6.07) is 52.8. The van der Waals surface area contributed by atoms with Gasteiger partial charge in [0.05, 0.1) is 0 Å². The monoisotopic (exact) mass is 656 g/mol. The van der Waals surface area contributed by atoms with Crippen LogP contribution in [0.25, 0.3) is 99.2 Å². The van der Waals surface area contributed by atoms with Crippen molar-refractivity contribution in [3.8, 4) is 44.9 Å². The summed E-state index contributed by atoms with van der Waals surface area (Å²) in [6.45, 7) is 8.94. The van der Waals surface area contributed by atoms with E-state index >= 15 is 0 Å². The van der Waals surface area contributed by atoms with Crippen molar-refractivity contribution in [2.45, 2.75) is 33.1 Å². The zero-order valence-corrected chi connectivity index (χ0v) is 29.2. The fourth-order valence-electron chi connectivity index (χ4n) is 7.99. The number of fused-ring (bicyclic) bond motifs is 2. The first kappa shape index (κ1) is 29.8. The van der Waals surface area contributed by atoms with Crippen LogP contribution in [-0.4, -0.2) is 0 Å². The van der Waals surface area contributed by atoms with Gasteiger partial charge in [0.2, 0.25) is 0 Å². The van der Waals surface area contributed by atoms with Crippen molar-refractivity contribution in [2.75, 3.05) is 0 Å². The third-order valence-corrected chi connectivity index (χ3v) is 10.7. The molecule has 0 aliphatic carbocycles. The predicted molar refractivity (Wildman–Crippen MR) is 215 cm³/mol. The first-order chi connectivity index (χ1) is 24.8. The highest BCUT2D eigenvalue weighted by Crippen LogP contribution is 2.49. The summed E-state index contributed by atoms with van der Waals surface area (Å²) in [4.78, 5) is 0. The highest BCUT2D eigenvalue weighted by atomic mass is 16.3. The van der Waals surface area contributed by atoms with Crippen LogP contribution >= 0.6 is 0 Å². The molecule has 244 valence electrons. The second-order valence-corrected chi connectivity index (χ2v) is 15.0. The van der Waals surface area contributed by atoms with Gasteiger partial charge in [-0.25, -0.2) is 0 Å². The second kappa shape index (κ2) is 10.9. The third kappa shape index (κ3) is 4.71. The molecule has 10 rings (SSSR count). The molecule has 0 saturated carbocycles. The van der Waals surface area contributed by atoms with Crippen LogP contribution < -0.4 is 0 Å². The molecule has 0 aliphatic rings. The van der Waals surface area contributed by atoms with Gasteiger partial charge in [0.15, 0.2) is 0 Å². The van der Waals surface area contributed by atoms with E-state index < -0.39 is 0 Å². The highest BCUT2D eigenvalue weighted by molar-refractivity contribution is 6.31. The molecule has 0 spiro atoms. The van der Waals surface area contributed by atoms with Gasteiger partial charge in [-0.3, -0.25) is 0 Å². The topological polar surface area (TPSA) is 26.3 Å². The Balaban J connectivity index is 1.35. The summed E-state index contributed by atoms with van der Waals surface area (Å²) >= 11 is 0. The Morgan fingerprint density at radius 3 is 1.25 bits per heavy atom. The van der Waals surface area contributed by atoms with Crippen LogP contribution in [0.2, 0.25) is 0 Å². The smallest absolute Gasteiger partial charge is 0.136 e. The average Bonchev–Trinajstić information content (AvgIpc) is 3.78. The molecule has 0 amide bonds. The summed E-state index contributed by atoms with van der Waals surface area (Å²) in [7, 11) is 0. The fourth-order valence-corrected chi connectivity index (χ4v) is 7.99. The average molecular weight is 657 g/mol. The van der Waals surface area contributed by atoms with E-state index in [1.165, 1.54) is 65.7 Å². The van der Waals surface area contributed by atoms with Gasteiger partial charge in [0.25, 0.3) is 0 Å². The first-order valence-corrected chi connectivity index (χ1v) is 17.7. The number of para-hydroxylation sites is 2. The van der Waals surface area contributed by atoms with Crippen molar-refractivity contribution >= 4 is 54.3 Å². The van der Waals surface area contributed by atoms with Gasteiger partial charge in [-0.2, -0.15) is 0 Å². The zero-order valence-electron chi connectivity index (χ0n) is 29.2. The molecule has 0 fully saturated rings. The maximum Gasteiger partial charge on any atom is 0.136 e. The largest absolute Gasteiger partial charge is 0.456 e. The molecule has 10 aromatic rings. The lowest BCUT2D eigenvalue weighted by Crippen LogP contribution is -2.10. The normalized spacial score (nSPS) is 12.3. The molecule has 0 atom stereocenters. The van der Waals surface area contributed by atoms with Crippen molar-refractivity contribution in [2.24, 2.45) is 0 Å². The Morgan fingerprint density at radius 1 is 0.412 bits per heavy atom. The molecule has 0 saturated heterocycles.